The van der Waals surface area contributed by atoms with Crippen molar-refractivity contribution in [2.45, 2.75) is 51.5 Å². The molecule has 0 bridgehead atoms. The second-order valence-corrected chi connectivity index (χ2v) is 4.53. The van der Waals surface area contributed by atoms with E-state index in [-0.39, 0.29) is 12.5 Å². The van der Waals surface area contributed by atoms with Crippen molar-refractivity contribution in [3.63, 3.8) is 0 Å². The quantitative estimate of drug-likeness (QED) is 0.849. The SMILES string of the molecule is CC(CCC(=O)O)n1cnc2c1CCCC2. The second-order valence-electron chi connectivity index (χ2n) is 4.53. The van der Waals surface area contributed by atoms with Crippen LogP contribution in [0.25, 0.3) is 0 Å². The van der Waals surface area contributed by atoms with Gasteiger partial charge in [0.25, 0.3) is 0 Å². The third kappa shape index (κ3) is 2.26. The van der Waals surface area contributed by atoms with Gasteiger partial charge < -0.3 is 9.67 Å². The standard InChI is InChI=1S/C12H18N2O2/c1-9(6-7-12(15)16)14-8-13-10-4-2-3-5-11(10)14/h8-9H,2-7H2,1H3,(H,15,16). The lowest BCUT2D eigenvalue weighted by atomic mass is 10.0. The number of hydrogen-bond donors (Lipinski definition) is 1. The third-order valence-electron chi connectivity index (χ3n) is 3.31. The third-order valence-corrected chi connectivity index (χ3v) is 3.31. The Bertz CT molecular complexity index is 384. The zero-order valence-electron chi connectivity index (χ0n) is 9.65. The summed E-state index contributed by atoms with van der Waals surface area (Å²) < 4.78 is 2.16. The highest BCUT2D eigenvalue weighted by Crippen LogP contribution is 2.24. The summed E-state index contributed by atoms with van der Waals surface area (Å²) in [4.78, 5) is 15.0. The summed E-state index contributed by atoms with van der Waals surface area (Å²) in [6, 6.07) is 0.241. The number of hydrogen-bond acceptors (Lipinski definition) is 2. The molecule has 0 spiro atoms. The normalized spacial score (nSPS) is 16.8. The second kappa shape index (κ2) is 4.68. The molecule has 88 valence electrons. The van der Waals surface area contributed by atoms with E-state index in [2.05, 4.69) is 16.5 Å². The number of aryl methyl sites for hydroxylation is 1. The molecule has 1 heterocycles. The van der Waals surface area contributed by atoms with Crippen LogP contribution in [-0.2, 0) is 17.6 Å². The lowest BCUT2D eigenvalue weighted by Crippen LogP contribution is -2.13. The van der Waals surface area contributed by atoms with Crippen molar-refractivity contribution >= 4 is 5.97 Å². The number of carboxylic acids is 1. The van der Waals surface area contributed by atoms with E-state index in [0.717, 1.165) is 12.8 Å². The first-order chi connectivity index (χ1) is 7.68. The molecule has 1 unspecified atom stereocenters. The van der Waals surface area contributed by atoms with Crippen molar-refractivity contribution in [1.82, 2.24) is 9.55 Å². The molecule has 16 heavy (non-hydrogen) atoms. The maximum absolute atomic E-state index is 10.5. The molecule has 0 amide bonds. The molecule has 0 radical (unpaired) electrons. The summed E-state index contributed by atoms with van der Waals surface area (Å²) >= 11 is 0. The number of nitrogens with zero attached hydrogens (tertiary/aromatic N) is 2. The number of imidazole rings is 1. The highest BCUT2D eigenvalue weighted by molar-refractivity contribution is 5.66. The first-order valence-electron chi connectivity index (χ1n) is 5.95. The zero-order chi connectivity index (χ0) is 11.5. The van der Waals surface area contributed by atoms with Crippen molar-refractivity contribution in [3.05, 3.63) is 17.7 Å². The van der Waals surface area contributed by atoms with Crippen LogP contribution in [0.3, 0.4) is 0 Å². The predicted octanol–water partition coefficient (Wildman–Crippen LogP) is 2.19. The van der Waals surface area contributed by atoms with E-state index in [1.165, 1.54) is 24.2 Å². The molecule has 0 aromatic carbocycles. The number of carboxylic acid groups (broad SMARTS) is 1. The monoisotopic (exact) mass is 222 g/mol. The molecule has 1 aliphatic rings. The Balaban J connectivity index is 2.08. The van der Waals surface area contributed by atoms with Gasteiger partial charge in [0.2, 0.25) is 0 Å². The van der Waals surface area contributed by atoms with E-state index < -0.39 is 5.97 Å². The van der Waals surface area contributed by atoms with Crippen LogP contribution in [0, 0.1) is 0 Å². The maximum Gasteiger partial charge on any atom is 0.303 e. The number of carbonyl (C=O) groups is 1. The topological polar surface area (TPSA) is 55.1 Å². The van der Waals surface area contributed by atoms with Gasteiger partial charge in [-0.15, -0.1) is 0 Å². The van der Waals surface area contributed by atoms with Gasteiger partial charge in [0.05, 0.1) is 12.0 Å². The van der Waals surface area contributed by atoms with E-state index >= 15 is 0 Å². The molecule has 1 N–H and O–H groups in total. The molecule has 1 atom stereocenters. The average molecular weight is 222 g/mol. The minimum atomic E-state index is -0.721. The lowest BCUT2D eigenvalue weighted by Gasteiger charge is -2.18. The van der Waals surface area contributed by atoms with Crippen LogP contribution >= 0.6 is 0 Å². The minimum absolute atomic E-state index is 0.230. The molecule has 4 nitrogen and oxygen atoms in total. The van der Waals surface area contributed by atoms with Crippen LogP contribution in [0.1, 0.15) is 50.0 Å². The van der Waals surface area contributed by atoms with Gasteiger partial charge in [0, 0.05) is 18.2 Å². The molecular weight excluding hydrogens is 204 g/mol. The van der Waals surface area contributed by atoms with Crippen molar-refractivity contribution in [1.29, 1.82) is 0 Å². The summed E-state index contributed by atoms with van der Waals surface area (Å²) in [6.45, 7) is 2.07. The van der Waals surface area contributed by atoms with Crippen LogP contribution in [0.2, 0.25) is 0 Å². The minimum Gasteiger partial charge on any atom is -0.481 e. The average Bonchev–Trinajstić information content (AvgIpc) is 2.69. The fourth-order valence-electron chi connectivity index (χ4n) is 2.34. The number of rotatable bonds is 4. The van der Waals surface area contributed by atoms with Crippen molar-refractivity contribution in [2.24, 2.45) is 0 Å². The Labute approximate surface area is 95.3 Å². The lowest BCUT2D eigenvalue weighted by molar-refractivity contribution is -0.137. The van der Waals surface area contributed by atoms with Crippen LogP contribution in [0.5, 0.6) is 0 Å². The molecule has 2 rings (SSSR count). The van der Waals surface area contributed by atoms with Gasteiger partial charge in [-0.2, -0.15) is 0 Å². The molecule has 0 saturated heterocycles. The van der Waals surface area contributed by atoms with Gasteiger partial charge in [0.1, 0.15) is 0 Å². The first kappa shape index (κ1) is 11.2. The van der Waals surface area contributed by atoms with Crippen LogP contribution < -0.4 is 0 Å². The number of aromatic nitrogens is 2. The maximum atomic E-state index is 10.5. The fourth-order valence-corrected chi connectivity index (χ4v) is 2.34. The fraction of sp³-hybridized carbons (Fsp3) is 0.667. The Kier molecular flexibility index (Phi) is 3.27. The smallest absolute Gasteiger partial charge is 0.303 e. The van der Waals surface area contributed by atoms with Crippen LogP contribution in [0.4, 0.5) is 0 Å². The number of aliphatic carboxylic acids is 1. The molecule has 1 aromatic rings. The van der Waals surface area contributed by atoms with Gasteiger partial charge in [-0.1, -0.05) is 0 Å². The van der Waals surface area contributed by atoms with Crippen molar-refractivity contribution in [2.75, 3.05) is 0 Å². The summed E-state index contributed by atoms with van der Waals surface area (Å²) in [5.74, 6) is -0.721. The molecule has 0 aliphatic heterocycles. The van der Waals surface area contributed by atoms with Gasteiger partial charge in [-0.05, 0) is 39.0 Å². The Hall–Kier alpha value is -1.32. The Morgan fingerprint density at radius 1 is 1.56 bits per heavy atom. The molecule has 1 aromatic heterocycles. The van der Waals surface area contributed by atoms with Crippen LogP contribution in [0.15, 0.2) is 6.33 Å². The Morgan fingerprint density at radius 3 is 3.06 bits per heavy atom. The summed E-state index contributed by atoms with van der Waals surface area (Å²) in [5.41, 5.74) is 2.54. The Morgan fingerprint density at radius 2 is 2.31 bits per heavy atom. The molecular formula is C12H18N2O2. The summed E-state index contributed by atoms with van der Waals surface area (Å²) in [5, 5.41) is 8.67. The molecule has 0 saturated carbocycles. The van der Waals surface area contributed by atoms with Crippen LogP contribution in [-0.4, -0.2) is 20.6 Å². The molecule has 4 heteroatoms. The van der Waals surface area contributed by atoms with E-state index in [4.69, 9.17) is 5.11 Å². The van der Waals surface area contributed by atoms with Gasteiger partial charge in [0.15, 0.2) is 0 Å². The van der Waals surface area contributed by atoms with E-state index in [0.29, 0.717) is 6.42 Å². The van der Waals surface area contributed by atoms with Gasteiger partial charge in [-0.25, -0.2) is 4.98 Å². The highest BCUT2D eigenvalue weighted by atomic mass is 16.4. The van der Waals surface area contributed by atoms with Gasteiger partial charge >= 0.3 is 5.97 Å². The van der Waals surface area contributed by atoms with E-state index in [9.17, 15) is 4.79 Å². The first-order valence-corrected chi connectivity index (χ1v) is 5.95. The zero-order valence-corrected chi connectivity index (χ0v) is 9.65. The van der Waals surface area contributed by atoms with Crippen molar-refractivity contribution in [3.8, 4) is 0 Å². The molecule has 0 fully saturated rings. The predicted molar refractivity (Wildman–Crippen MR) is 60.4 cm³/mol. The number of fused-ring (bicyclic) bond motifs is 1. The summed E-state index contributed by atoms with van der Waals surface area (Å²) in [7, 11) is 0. The molecule has 1 aliphatic carbocycles. The van der Waals surface area contributed by atoms with E-state index in [1.54, 1.807) is 0 Å². The largest absolute Gasteiger partial charge is 0.481 e. The van der Waals surface area contributed by atoms with Crippen molar-refractivity contribution < 1.29 is 9.90 Å². The van der Waals surface area contributed by atoms with Gasteiger partial charge in [-0.3, -0.25) is 4.79 Å². The highest BCUT2D eigenvalue weighted by Gasteiger charge is 2.18. The summed E-state index contributed by atoms with van der Waals surface area (Å²) in [6.07, 6.45) is 7.41. The van der Waals surface area contributed by atoms with E-state index in [1.807, 2.05) is 6.33 Å².